The van der Waals surface area contributed by atoms with Crippen LogP contribution in [0.15, 0.2) is 29.4 Å². The van der Waals surface area contributed by atoms with Gasteiger partial charge in [0.1, 0.15) is 5.75 Å². The maximum Gasteiger partial charge on any atom is 0.237 e. The molecule has 0 saturated heterocycles. The van der Waals surface area contributed by atoms with Gasteiger partial charge in [0.25, 0.3) is 0 Å². The van der Waals surface area contributed by atoms with Crippen molar-refractivity contribution in [2.45, 2.75) is 49.6 Å². The Morgan fingerprint density at radius 3 is 2.53 bits per heavy atom. The molecule has 1 heterocycles. The smallest absolute Gasteiger partial charge is 0.237 e. The van der Waals surface area contributed by atoms with Crippen LogP contribution in [0.4, 0.5) is 5.69 Å². The van der Waals surface area contributed by atoms with E-state index in [1.807, 2.05) is 0 Å². The van der Waals surface area contributed by atoms with E-state index in [0.29, 0.717) is 22.5 Å². The first kappa shape index (κ1) is 21.9. The minimum Gasteiger partial charge on any atom is -0.497 e. The first-order chi connectivity index (χ1) is 14.5. The van der Waals surface area contributed by atoms with E-state index in [4.69, 9.17) is 16.3 Å². The average Bonchev–Trinajstić information content (AvgIpc) is 3.13. The third kappa shape index (κ3) is 5.44. The van der Waals surface area contributed by atoms with Crippen LogP contribution in [0, 0.1) is 0 Å². The molecule has 4 N–H and O–H groups in total. The Balaban J connectivity index is 1.67. The van der Waals surface area contributed by atoms with Crippen molar-refractivity contribution < 1.29 is 14.3 Å². The van der Waals surface area contributed by atoms with E-state index in [1.165, 1.54) is 40.6 Å². The average molecular weight is 433 g/mol. The Kier molecular flexibility index (Phi) is 7.56. The molecule has 10 heteroatoms. The molecule has 0 radical (unpaired) electrons. The minimum atomic E-state index is -0.465. The predicted molar refractivity (Wildman–Crippen MR) is 116 cm³/mol. The van der Waals surface area contributed by atoms with Gasteiger partial charge in [-0.3, -0.25) is 9.59 Å². The van der Waals surface area contributed by atoms with Gasteiger partial charge in [0.05, 0.1) is 12.9 Å². The van der Waals surface area contributed by atoms with E-state index in [0.717, 1.165) is 18.7 Å². The summed E-state index contributed by atoms with van der Waals surface area (Å²) in [5, 5.41) is 8.96. The standard InChI is InChI=1S/C20H28N6O3S/c1-29-16-9-7-15(8-10-16)25(12-11-17(21)27)18(28)13-30-20-24-23-19(26(20)22)14-5-3-2-4-6-14/h7-10,14H,2-6,11-13,22H2,1H3,(H2,21,27). The fraction of sp³-hybridized carbons (Fsp3) is 0.500. The first-order valence-electron chi connectivity index (χ1n) is 10.1. The molecule has 0 bridgehead atoms. The number of anilines is 1. The monoisotopic (exact) mass is 432 g/mol. The van der Waals surface area contributed by atoms with Crippen molar-refractivity contribution in [2.75, 3.05) is 30.1 Å². The highest BCUT2D eigenvalue weighted by Gasteiger charge is 2.24. The summed E-state index contributed by atoms with van der Waals surface area (Å²) in [6.45, 7) is 0.198. The van der Waals surface area contributed by atoms with Gasteiger partial charge in [0.2, 0.25) is 17.0 Å². The molecule has 1 saturated carbocycles. The Morgan fingerprint density at radius 2 is 1.90 bits per heavy atom. The van der Waals surface area contributed by atoms with Crippen LogP contribution in [0.3, 0.4) is 0 Å². The summed E-state index contributed by atoms with van der Waals surface area (Å²) >= 11 is 1.24. The molecule has 1 aromatic heterocycles. The summed E-state index contributed by atoms with van der Waals surface area (Å²) in [5.74, 6) is 7.48. The Hall–Kier alpha value is -2.75. The van der Waals surface area contributed by atoms with Crippen molar-refractivity contribution in [3.05, 3.63) is 30.1 Å². The normalized spacial score (nSPS) is 14.4. The fourth-order valence-corrected chi connectivity index (χ4v) is 4.35. The predicted octanol–water partition coefficient (Wildman–Crippen LogP) is 2.05. The molecule has 1 aliphatic rings. The van der Waals surface area contributed by atoms with Crippen LogP contribution >= 0.6 is 11.8 Å². The number of hydrogen-bond acceptors (Lipinski definition) is 7. The van der Waals surface area contributed by atoms with Gasteiger partial charge in [-0.2, -0.15) is 0 Å². The molecule has 3 rings (SSSR count). The van der Waals surface area contributed by atoms with Crippen molar-refractivity contribution in [3.63, 3.8) is 0 Å². The van der Waals surface area contributed by atoms with Gasteiger partial charge < -0.3 is 21.2 Å². The van der Waals surface area contributed by atoms with Crippen LogP contribution in [0.2, 0.25) is 0 Å². The lowest BCUT2D eigenvalue weighted by molar-refractivity contribution is -0.118. The third-order valence-corrected chi connectivity index (χ3v) is 6.18. The van der Waals surface area contributed by atoms with Crippen LogP contribution in [-0.2, 0) is 9.59 Å². The summed E-state index contributed by atoms with van der Waals surface area (Å²) < 4.78 is 6.67. The third-order valence-electron chi connectivity index (χ3n) is 5.25. The van der Waals surface area contributed by atoms with Crippen LogP contribution in [0.1, 0.15) is 50.3 Å². The van der Waals surface area contributed by atoms with Crippen molar-refractivity contribution in [1.82, 2.24) is 14.9 Å². The van der Waals surface area contributed by atoms with E-state index in [9.17, 15) is 9.59 Å². The molecule has 1 aliphatic carbocycles. The number of methoxy groups -OCH3 is 1. The number of nitrogens with zero attached hydrogens (tertiary/aromatic N) is 4. The highest BCUT2D eigenvalue weighted by Crippen LogP contribution is 2.32. The Morgan fingerprint density at radius 1 is 1.20 bits per heavy atom. The number of amides is 2. The van der Waals surface area contributed by atoms with Gasteiger partial charge in [-0.25, -0.2) is 4.68 Å². The zero-order chi connectivity index (χ0) is 21.5. The quantitative estimate of drug-likeness (QED) is 0.458. The molecule has 30 heavy (non-hydrogen) atoms. The van der Waals surface area contributed by atoms with Crippen molar-refractivity contribution in [2.24, 2.45) is 5.73 Å². The number of ether oxygens (including phenoxy) is 1. The van der Waals surface area contributed by atoms with Crippen LogP contribution in [0.5, 0.6) is 5.75 Å². The zero-order valence-corrected chi connectivity index (χ0v) is 17.9. The largest absolute Gasteiger partial charge is 0.497 e. The topological polar surface area (TPSA) is 129 Å². The van der Waals surface area contributed by atoms with Crippen molar-refractivity contribution in [1.29, 1.82) is 0 Å². The van der Waals surface area contributed by atoms with Crippen molar-refractivity contribution in [3.8, 4) is 5.75 Å². The molecule has 162 valence electrons. The number of carbonyl (C=O) groups is 2. The number of nitrogen functional groups attached to an aromatic ring is 1. The number of thioether (sulfide) groups is 1. The maximum absolute atomic E-state index is 12.9. The SMILES string of the molecule is COc1ccc(N(CCC(N)=O)C(=O)CSc2nnc(C3CCCCC3)n2N)cc1. The molecule has 0 spiro atoms. The van der Waals surface area contributed by atoms with Crippen LogP contribution < -0.4 is 21.2 Å². The summed E-state index contributed by atoms with van der Waals surface area (Å²) in [6.07, 6.45) is 5.80. The summed E-state index contributed by atoms with van der Waals surface area (Å²) in [6, 6.07) is 7.07. The lowest BCUT2D eigenvalue weighted by atomic mass is 9.89. The summed E-state index contributed by atoms with van der Waals surface area (Å²) in [5.41, 5.74) is 5.95. The highest BCUT2D eigenvalue weighted by molar-refractivity contribution is 7.99. The molecular formula is C20H28N6O3S. The first-order valence-corrected chi connectivity index (χ1v) is 11.0. The van der Waals surface area contributed by atoms with Gasteiger partial charge in [0.15, 0.2) is 5.82 Å². The number of benzene rings is 1. The lowest BCUT2D eigenvalue weighted by Crippen LogP contribution is -2.35. The van der Waals surface area contributed by atoms with Crippen molar-refractivity contribution >= 4 is 29.3 Å². The molecule has 0 aliphatic heterocycles. The number of primary amides is 1. The Labute approximate surface area is 180 Å². The molecule has 9 nitrogen and oxygen atoms in total. The fourth-order valence-electron chi connectivity index (χ4n) is 3.61. The maximum atomic E-state index is 12.9. The molecule has 0 atom stereocenters. The molecule has 2 amide bonds. The van der Waals surface area contributed by atoms with E-state index in [2.05, 4.69) is 10.2 Å². The molecule has 0 unspecified atom stereocenters. The van der Waals surface area contributed by atoms with Crippen LogP contribution in [0.25, 0.3) is 0 Å². The molecule has 1 fully saturated rings. The summed E-state index contributed by atoms with van der Waals surface area (Å²) in [4.78, 5) is 25.7. The van der Waals surface area contributed by atoms with Gasteiger partial charge in [-0.1, -0.05) is 31.0 Å². The van der Waals surface area contributed by atoms with E-state index < -0.39 is 5.91 Å². The number of nitrogens with two attached hydrogens (primary N) is 2. The van der Waals surface area contributed by atoms with Gasteiger partial charge in [-0.15, -0.1) is 10.2 Å². The highest BCUT2D eigenvalue weighted by atomic mass is 32.2. The van der Waals surface area contributed by atoms with Gasteiger partial charge in [0, 0.05) is 24.6 Å². The van der Waals surface area contributed by atoms with E-state index in [-0.39, 0.29) is 24.6 Å². The van der Waals surface area contributed by atoms with Crippen LogP contribution in [-0.4, -0.2) is 46.1 Å². The van der Waals surface area contributed by atoms with E-state index in [1.54, 1.807) is 31.4 Å². The van der Waals surface area contributed by atoms with Gasteiger partial charge >= 0.3 is 0 Å². The lowest BCUT2D eigenvalue weighted by Gasteiger charge is -2.22. The number of hydrogen-bond donors (Lipinski definition) is 2. The molecular weight excluding hydrogens is 404 g/mol. The minimum absolute atomic E-state index is 0.0708. The summed E-state index contributed by atoms with van der Waals surface area (Å²) in [7, 11) is 1.58. The number of aromatic nitrogens is 3. The second kappa shape index (κ2) is 10.3. The number of rotatable bonds is 9. The second-order valence-electron chi connectivity index (χ2n) is 7.29. The van der Waals surface area contributed by atoms with Gasteiger partial charge in [-0.05, 0) is 37.1 Å². The molecule has 2 aromatic rings. The van der Waals surface area contributed by atoms with E-state index >= 15 is 0 Å². The molecule has 1 aromatic carbocycles. The Bertz CT molecular complexity index is 864. The number of carbonyl (C=O) groups excluding carboxylic acids is 2. The second-order valence-corrected chi connectivity index (χ2v) is 8.24. The zero-order valence-electron chi connectivity index (χ0n) is 17.1.